The van der Waals surface area contributed by atoms with Gasteiger partial charge in [-0.05, 0) is 18.9 Å². The predicted octanol–water partition coefficient (Wildman–Crippen LogP) is -5.01. The van der Waals surface area contributed by atoms with Crippen LogP contribution in [0.1, 0.15) is 25.3 Å². The molecule has 0 bridgehead atoms. The second-order valence-corrected chi connectivity index (χ2v) is 11.8. The van der Waals surface area contributed by atoms with Gasteiger partial charge in [0.2, 0.25) is 5.91 Å². The number of phosphoric acid groups is 1. The lowest BCUT2D eigenvalue weighted by molar-refractivity contribution is -0.176. The van der Waals surface area contributed by atoms with Crippen molar-refractivity contribution in [1.29, 1.82) is 0 Å². The Hall–Kier alpha value is -2.55. The molecule has 2 fully saturated rings. The van der Waals surface area contributed by atoms with E-state index in [1.165, 1.54) is 12.3 Å². The van der Waals surface area contributed by atoms with Crippen molar-refractivity contribution in [3.8, 4) is 0 Å². The highest BCUT2D eigenvalue weighted by molar-refractivity contribution is 7.47. The summed E-state index contributed by atoms with van der Waals surface area (Å²) >= 11 is 0. The number of carboxylic acids is 1. The molecule has 9 unspecified atom stereocenters. The number of carbonyl (C=O) groups excluding carboxylic acids is 1. The van der Waals surface area contributed by atoms with Gasteiger partial charge in [0, 0.05) is 24.5 Å². The number of aliphatic hydroxyl groups excluding tert-OH is 6. The van der Waals surface area contributed by atoms with Gasteiger partial charge in [-0.2, -0.15) is 4.98 Å². The van der Waals surface area contributed by atoms with Gasteiger partial charge in [0.05, 0.1) is 50.2 Å². The highest BCUT2D eigenvalue weighted by Gasteiger charge is 2.57. The average Bonchev–Trinajstić information content (AvgIpc) is 3.20. The molecule has 19 nitrogen and oxygen atoms in total. The highest BCUT2D eigenvalue weighted by atomic mass is 31.2. The van der Waals surface area contributed by atoms with Gasteiger partial charge in [0.25, 0.3) is 0 Å². The van der Waals surface area contributed by atoms with E-state index < -0.39 is 118 Å². The molecule has 1 aromatic heterocycles. The van der Waals surface area contributed by atoms with Gasteiger partial charge in [0.15, 0.2) is 5.60 Å². The number of amides is 1. The van der Waals surface area contributed by atoms with Gasteiger partial charge >= 0.3 is 19.5 Å². The second kappa shape index (κ2) is 13.4. The lowest BCUT2D eigenvalue weighted by atomic mass is 9.70. The van der Waals surface area contributed by atoms with E-state index in [9.17, 15) is 59.6 Å². The van der Waals surface area contributed by atoms with Crippen LogP contribution in [-0.2, 0) is 23.2 Å². The van der Waals surface area contributed by atoms with Crippen LogP contribution in [0.25, 0.3) is 0 Å². The predicted molar refractivity (Wildman–Crippen MR) is 138 cm³/mol. The van der Waals surface area contributed by atoms with Gasteiger partial charge in [0.1, 0.15) is 18.0 Å². The van der Waals surface area contributed by atoms with E-state index >= 15 is 0 Å². The zero-order valence-corrected chi connectivity index (χ0v) is 23.0. The third-order valence-electron chi connectivity index (χ3n) is 7.62. The number of anilines is 1. The molecule has 0 spiro atoms. The molecule has 0 saturated heterocycles. The number of aromatic nitrogens is 2. The van der Waals surface area contributed by atoms with E-state index in [4.69, 9.17) is 20.5 Å². The van der Waals surface area contributed by atoms with E-state index in [-0.39, 0.29) is 12.2 Å². The molecule has 0 radical (unpaired) electrons. The van der Waals surface area contributed by atoms with Crippen LogP contribution in [0.4, 0.5) is 5.82 Å². The number of aliphatic hydroxyl groups is 6. The number of rotatable bonds is 12. The minimum atomic E-state index is -5.34. The summed E-state index contributed by atoms with van der Waals surface area (Å²) in [5, 5.41) is 73.8. The Kier molecular flexibility index (Phi) is 10.8. The molecule has 0 aromatic carbocycles. The summed E-state index contributed by atoms with van der Waals surface area (Å²) in [5.41, 5.74) is 7.23. The van der Waals surface area contributed by atoms with Gasteiger partial charge in [-0.15, -0.1) is 0 Å². The monoisotopic (exact) mass is 625 g/mol. The summed E-state index contributed by atoms with van der Waals surface area (Å²) in [6.45, 7) is -2.27. The molecule has 3 rings (SSSR count). The molecule has 42 heavy (non-hydrogen) atoms. The third kappa shape index (κ3) is 7.32. The third-order valence-corrected chi connectivity index (χ3v) is 8.68. The minimum absolute atomic E-state index is 0.0727. The maximum Gasteiger partial charge on any atom is 0.473 e. The fraction of sp³-hybridized carbons (Fsp3) is 0.727. The largest absolute Gasteiger partial charge is 0.479 e. The van der Waals surface area contributed by atoms with Crippen molar-refractivity contribution in [2.45, 2.75) is 67.5 Å². The molecule has 0 aliphatic heterocycles. The van der Waals surface area contributed by atoms with Crippen LogP contribution in [0.5, 0.6) is 0 Å². The number of nitrogens with one attached hydrogen (secondary N) is 1. The van der Waals surface area contributed by atoms with Crippen LogP contribution in [0.15, 0.2) is 17.1 Å². The van der Waals surface area contributed by atoms with Crippen LogP contribution in [-0.4, -0.2) is 124 Å². The van der Waals surface area contributed by atoms with Crippen LogP contribution in [0.2, 0.25) is 0 Å². The fourth-order valence-electron chi connectivity index (χ4n) is 5.46. The number of nitrogens with two attached hydrogens (primary N) is 2. The van der Waals surface area contributed by atoms with E-state index in [1.807, 2.05) is 0 Å². The first-order valence-corrected chi connectivity index (χ1v) is 14.3. The van der Waals surface area contributed by atoms with E-state index in [0.717, 1.165) is 4.57 Å². The highest BCUT2D eigenvalue weighted by Crippen LogP contribution is 2.53. The smallest absolute Gasteiger partial charge is 0.473 e. The van der Waals surface area contributed by atoms with Gasteiger partial charge in [-0.3, -0.25) is 18.4 Å². The van der Waals surface area contributed by atoms with Crippen LogP contribution < -0.4 is 22.5 Å². The number of phosphoric ester groups is 1. The van der Waals surface area contributed by atoms with Crippen LogP contribution in [0.3, 0.4) is 0 Å². The Balaban J connectivity index is 1.79. The average molecular weight is 626 g/mol. The maximum absolute atomic E-state index is 13.0. The van der Waals surface area contributed by atoms with Crippen molar-refractivity contribution in [3.05, 3.63) is 22.7 Å². The first kappa shape index (κ1) is 33.9. The van der Waals surface area contributed by atoms with E-state index in [0.29, 0.717) is 0 Å². The van der Waals surface area contributed by atoms with Crippen molar-refractivity contribution in [2.75, 3.05) is 25.5 Å². The molecule has 1 heterocycles. The lowest BCUT2D eigenvalue weighted by Gasteiger charge is -2.46. The molecule has 20 heteroatoms. The van der Waals surface area contributed by atoms with Gasteiger partial charge in [-0.1, -0.05) is 0 Å². The Morgan fingerprint density at radius 1 is 1.24 bits per heavy atom. The molecular formula is C22H36N5O14P. The fourth-order valence-corrected chi connectivity index (χ4v) is 6.56. The van der Waals surface area contributed by atoms with Gasteiger partial charge < -0.3 is 57.4 Å². The first-order chi connectivity index (χ1) is 19.6. The molecule has 1 amide bonds. The van der Waals surface area contributed by atoms with Crippen molar-refractivity contribution >= 4 is 25.5 Å². The quantitative estimate of drug-likeness (QED) is 0.0968. The second-order valence-electron chi connectivity index (χ2n) is 10.4. The normalized spacial score (nSPS) is 34.3. The Labute approximate surface area is 237 Å². The number of aliphatic carboxylic acids is 1. The van der Waals surface area contributed by atoms with Gasteiger partial charge in [-0.25, -0.2) is 14.2 Å². The number of carboxylic acid groups (broad SMARTS) is 1. The minimum Gasteiger partial charge on any atom is -0.479 e. The number of carbonyl (C=O) groups is 2. The van der Waals surface area contributed by atoms with Crippen molar-refractivity contribution < 1.29 is 63.8 Å². The topological polar surface area (TPSA) is 330 Å². The molecule has 1 aromatic rings. The number of hydrogen-bond acceptors (Lipinski definition) is 15. The number of nitrogen functional groups attached to an aromatic ring is 1. The van der Waals surface area contributed by atoms with Crippen molar-refractivity contribution in [2.24, 2.45) is 17.6 Å². The molecule has 2 aliphatic rings. The molecule has 2 aliphatic carbocycles. The summed E-state index contributed by atoms with van der Waals surface area (Å²) in [4.78, 5) is 50.5. The Morgan fingerprint density at radius 2 is 1.90 bits per heavy atom. The molecule has 2 saturated carbocycles. The lowest BCUT2D eigenvalue weighted by Crippen LogP contribution is -2.64. The number of hydrogen-bond donors (Lipinski definition) is 11. The zero-order chi connectivity index (χ0) is 31.6. The summed E-state index contributed by atoms with van der Waals surface area (Å²) in [5.74, 6) is -5.30. The molecule has 13 N–H and O–H groups in total. The Bertz CT molecular complexity index is 1240. The molecule has 238 valence electrons. The first-order valence-electron chi connectivity index (χ1n) is 12.8. The summed E-state index contributed by atoms with van der Waals surface area (Å²) in [6, 6.07) is -1.11. The molecular weight excluding hydrogens is 589 g/mol. The van der Waals surface area contributed by atoms with E-state index in [1.54, 1.807) is 0 Å². The summed E-state index contributed by atoms with van der Waals surface area (Å²) < 4.78 is 24.0. The van der Waals surface area contributed by atoms with Crippen molar-refractivity contribution in [3.63, 3.8) is 0 Å². The van der Waals surface area contributed by atoms with E-state index in [2.05, 4.69) is 10.3 Å². The maximum atomic E-state index is 13.0. The molecule has 11 atom stereocenters. The standard InChI is InChI=1S/C22H36N5O14P/c23-6-15(31)26-16-10(18(33)13(30)7-28)4-22(20(35)36,5-12(16)29)41-42(38,39)40-8-9-3-11(19(34)17(9)32)27-2-1-14(24)25-21(27)37/h1-2,9-13,16-19,28-30,32-34H,3-8,23H2,(H,26,31)(H,35,36)(H,38,39)(H2,24,25,37)/t9?,10?,11?,12?,13-,16?,17?,18+,19?,22?/m1/s1. The number of nitrogens with zero attached hydrogens (tertiary/aromatic N) is 2. The SMILES string of the molecule is NCC(=O)NC1C(O)CC(OP(=O)(O)OCC2CC(n3ccc(N)nc3=O)C(O)C2O)(C(=O)O)CC1[C@H](O)[C@H](O)CO. The summed E-state index contributed by atoms with van der Waals surface area (Å²) in [6.07, 6.45) is -9.27. The summed E-state index contributed by atoms with van der Waals surface area (Å²) in [7, 11) is -5.34. The Morgan fingerprint density at radius 3 is 2.48 bits per heavy atom. The van der Waals surface area contributed by atoms with Crippen LogP contribution in [0, 0.1) is 11.8 Å². The van der Waals surface area contributed by atoms with Crippen LogP contribution >= 0.6 is 7.82 Å². The van der Waals surface area contributed by atoms with Crippen molar-refractivity contribution in [1.82, 2.24) is 14.9 Å². The zero-order valence-electron chi connectivity index (χ0n) is 22.1.